The fraction of sp³-hybridized carbons (Fsp3) is 0.158. The van der Waals surface area contributed by atoms with Crippen molar-refractivity contribution in [2.45, 2.75) is 19.6 Å². The number of hydrogen-bond donors (Lipinski definition) is 1. The first kappa shape index (κ1) is 19.9. The molecule has 0 aliphatic rings. The molecule has 4 heterocycles. The number of aromatic nitrogens is 5. The van der Waals surface area contributed by atoms with Crippen LogP contribution in [0.3, 0.4) is 0 Å². The van der Waals surface area contributed by atoms with E-state index in [9.17, 15) is 18.0 Å². The van der Waals surface area contributed by atoms with E-state index >= 15 is 0 Å². The zero-order valence-electron chi connectivity index (χ0n) is 15.5. The lowest BCUT2D eigenvalue weighted by atomic mass is 10.3. The molecular weight excluding hydrogens is 421 g/mol. The summed E-state index contributed by atoms with van der Waals surface area (Å²) in [6.45, 7) is 2.25. The summed E-state index contributed by atoms with van der Waals surface area (Å²) in [6.07, 6.45) is 1.15. The molecule has 7 nitrogen and oxygen atoms in total. The van der Waals surface area contributed by atoms with Gasteiger partial charge in [0.1, 0.15) is 10.7 Å². The van der Waals surface area contributed by atoms with E-state index in [1.165, 1.54) is 6.20 Å². The fourth-order valence-corrected chi connectivity index (χ4v) is 3.07. The van der Waals surface area contributed by atoms with Crippen LogP contribution in [0.4, 0.5) is 18.9 Å². The molecule has 30 heavy (non-hydrogen) atoms. The number of aryl methyl sites for hydroxylation is 1. The van der Waals surface area contributed by atoms with Gasteiger partial charge in [-0.1, -0.05) is 17.7 Å². The number of rotatable bonds is 4. The van der Waals surface area contributed by atoms with Crippen molar-refractivity contribution in [3.63, 3.8) is 0 Å². The lowest BCUT2D eigenvalue weighted by Gasteiger charge is -2.10. The Kier molecular flexibility index (Phi) is 4.94. The van der Waals surface area contributed by atoms with Crippen molar-refractivity contribution in [2.24, 2.45) is 0 Å². The Labute approximate surface area is 172 Å². The van der Waals surface area contributed by atoms with Crippen LogP contribution < -0.4 is 10.9 Å². The van der Waals surface area contributed by atoms with Gasteiger partial charge in [0.05, 0.1) is 29.7 Å². The number of halogens is 4. The van der Waals surface area contributed by atoms with Crippen LogP contribution in [-0.2, 0) is 12.7 Å². The van der Waals surface area contributed by atoms with Crippen molar-refractivity contribution in [1.82, 2.24) is 24.1 Å². The Morgan fingerprint density at radius 1 is 1.20 bits per heavy atom. The van der Waals surface area contributed by atoms with Gasteiger partial charge in [0, 0.05) is 18.6 Å². The van der Waals surface area contributed by atoms with Gasteiger partial charge in [-0.3, -0.25) is 4.79 Å². The van der Waals surface area contributed by atoms with Gasteiger partial charge in [-0.25, -0.2) is 9.97 Å². The quantitative estimate of drug-likeness (QED) is 0.527. The average Bonchev–Trinajstić information content (AvgIpc) is 3.13. The maximum absolute atomic E-state index is 12.7. The molecule has 4 aromatic heterocycles. The first-order valence-electron chi connectivity index (χ1n) is 8.72. The monoisotopic (exact) mass is 434 g/mol. The lowest BCUT2D eigenvalue weighted by molar-refractivity contribution is -0.137. The first-order valence-corrected chi connectivity index (χ1v) is 9.10. The summed E-state index contributed by atoms with van der Waals surface area (Å²) >= 11 is 6.15. The molecule has 0 radical (unpaired) electrons. The molecule has 11 heteroatoms. The summed E-state index contributed by atoms with van der Waals surface area (Å²) in [7, 11) is 0. The van der Waals surface area contributed by atoms with Crippen LogP contribution in [0.2, 0.25) is 5.02 Å². The van der Waals surface area contributed by atoms with Gasteiger partial charge < -0.3 is 9.72 Å². The number of pyridine rings is 2. The lowest BCUT2D eigenvalue weighted by Crippen LogP contribution is -2.23. The van der Waals surface area contributed by atoms with Gasteiger partial charge >= 0.3 is 6.18 Å². The van der Waals surface area contributed by atoms with E-state index in [0.29, 0.717) is 12.7 Å². The first-order chi connectivity index (χ1) is 14.2. The van der Waals surface area contributed by atoms with Crippen LogP contribution in [-0.4, -0.2) is 24.1 Å². The fourth-order valence-electron chi connectivity index (χ4n) is 2.87. The molecule has 0 aliphatic heterocycles. The molecule has 0 aliphatic carbocycles. The minimum Gasteiger partial charge on any atom is -0.377 e. The molecule has 0 amide bonds. The maximum Gasteiger partial charge on any atom is 0.417 e. The van der Waals surface area contributed by atoms with Gasteiger partial charge in [0.15, 0.2) is 5.82 Å². The third-order valence-corrected chi connectivity index (χ3v) is 4.76. The van der Waals surface area contributed by atoms with Crippen molar-refractivity contribution >= 4 is 22.9 Å². The molecule has 0 saturated carbocycles. The van der Waals surface area contributed by atoms with E-state index in [1.807, 2.05) is 35.9 Å². The number of anilines is 1. The zero-order valence-corrected chi connectivity index (χ0v) is 16.2. The van der Waals surface area contributed by atoms with Gasteiger partial charge in [0.25, 0.3) is 5.56 Å². The molecule has 1 N–H and O–H groups in total. The second-order valence-electron chi connectivity index (χ2n) is 6.50. The van der Waals surface area contributed by atoms with Crippen molar-refractivity contribution in [3.8, 4) is 5.82 Å². The molecule has 0 bridgehead atoms. The number of imidazole rings is 1. The Morgan fingerprint density at radius 2 is 2.00 bits per heavy atom. The summed E-state index contributed by atoms with van der Waals surface area (Å²) in [5.74, 6) is -0.0720. The molecule has 0 unspecified atom stereocenters. The van der Waals surface area contributed by atoms with Crippen LogP contribution in [0.25, 0.3) is 11.5 Å². The summed E-state index contributed by atoms with van der Waals surface area (Å²) in [5, 5.41) is 6.80. The molecule has 4 rings (SSSR count). The van der Waals surface area contributed by atoms with Crippen molar-refractivity contribution in [3.05, 3.63) is 81.3 Å². The predicted octanol–water partition coefficient (Wildman–Crippen LogP) is 3.87. The number of nitrogens with zero attached hydrogens (tertiary/aromatic N) is 5. The summed E-state index contributed by atoms with van der Waals surface area (Å²) < 4.78 is 40.7. The summed E-state index contributed by atoms with van der Waals surface area (Å²) in [4.78, 5) is 20.7. The minimum atomic E-state index is -4.52. The second-order valence-corrected chi connectivity index (χ2v) is 6.88. The van der Waals surface area contributed by atoms with E-state index in [-0.39, 0.29) is 16.5 Å². The van der Waals surface area contributed by atoms with Gasteiger partial charge in [-0.2, -0.15) is 23.0 Å². The third-order valence-electron chi connectivity index (χ3n) is 4.40. The maximum atomic E-state index is 12.7. The molecule has 4 aromatic rings. The highest BCUT2D eigenvalue weighted by molar-refractivity contribution is 6.32. The van der Waals surface area contributed by atoms with Crippen molar-refractivity contribution in [2.75, 3.05) is 5.32 Å². The second kappa shape index (κ2) is 7.45. The molecule has 0 spiro atoms. The third kappa shape index (κ3) is 3.73. The number of hydrogen-bond acceptors (Lipinski definition) is 5. The Hall–Kier alpha value is -3.40. The molecule has 0 fully saturated rings. The normalized spacial score (nSPS) is 11.8. The van der Waals surface area contributed by atoms with Crippen molar-refractivity contribution in [1.29, 1.82) is 0 Å². The van der Waals surface area contributed by atoms with Gasteiger partial charge in [-0.15, -0.1) is 0 Å². The van der Waals surface area contributed by atoms with Crippen LogP contribution in [0.15, 0.2) is 53.8 Å². The summed E-state index contributed by atoms with van der Waals surface area (Å²) in [5.41, 5.74) is 1.22. The number of nitrogens with one attached hydrogen (secondary N) is 1. The molecule has 0 atom stereocenters. The Bertz CT molecular complexity index is 1280. The largest absolute Gasteiger partial charge is 0.417 e. The Balaban J connectivity index is 1.56. The van der Waals surface area contributed by atoms with Crippen LogP contribution in [0.1, 0.15) is 16.8 Å². The SMILES string of the molecule is Cc1cccn2cc(CNc3cnn(-c4ccc(C(F)(F)F)cn4)c(=O)c3Cl)nc12. The molecule has 0 aromatic carbocycles. The molecule has 154 valence electrons. The van der Waals surface area contributed by atoms with Gasteiger partial charge in [0.2, 0.25) is 0 Å². The minimum absolute atomic E-state index is 0.0720. The van der Waals surface area contributed by atoms with E-state index in [1.54, 1.807) is 0 Å². The van der Waals surface area contributed by atoms with Crippen LogP contribution >= 0.6 is 11.6 Å². The van der Waals surface area contributed by atoms with Crippen molar-refractivity contribution < 1.29 is 13.2 Å². The Morgan fingerprint density at radius 3 is 2.67 bits per heavy atom. The summed E-state index contributed by atoms with van der Waals surface area (Å²) in [6, 6.07) is 5.74. The van der Waals surface area contributed by atoms with Gasteiger partial charge in [-0.05, 0) is 30.7 Å². The van der Waals surface area contributed by atoms with E-state index in [4.69, 9.17) is 11.6 Å². The number of fused-ring (bicyclic) bond motifs is 1. The standard InChI is InChI=1S/C19H14ClF3N6O/c1-11-3-2-6-28-10-13(27-17(11)28)8-24-14-9-26-29(18(30)16(14)20)15-5-4-12(7-25-15)19(21,22)23/h2-7,9-10,24H,8H2,1H3. The highest BCUT2D eigenvalue weighted by Crippen LogP contribution is 2.28. The molecular formula is C19H14ClF3N6O. The van der Waals surface area contributed by atoms with Crippen LogP contribution in [0.5, 0.6) is 0 Å². The predicted molar refractivity (Wildman–Crippen MR) is 105 cm³/mol. The average molecular weight is 435 g/mol. The topological polar surface area (TPSA) is 77.1 Å². The molecule has 0 saturated heterocycles. The van der Waals surface area contributed by atoms with Crippen LogP contribution in [0, 0.1) is 6.92 Å². The van der Waals surface area contributed by atoms with E-state index in [2.05, 4.69) is 20.4 Å². The highest BCUT2D eigenvalue weighted by Gasteiger charge is 2.30. The van der Waals surface area contributed by atoms with E-state index in [0.717, 1.165) is 33.7 Å². The smallest absolute Gasteiger partial charge is 0.377 e. The zero-order chi connectivity index (χ0) is 21.5. The number of alkyl halides is 3. The van der Waals surface area contributed by atoms with E-state index < -0.39 is 17.3 Å². The highest BCUT2D eigenvalue weighted by atomic mass is 35.5.